The van der Waals surface area contributed by atoms with E-state index in [2.05, 4.69) is 5.32 Å². The number of carbonyl (C=O) groups is 1. The summed E-state index contributed by atoms with van der Waals surface area (Å²) in [4.78, 5) is 24.8. The van der Waals surface area contributed by atoms with Gasteiger partial charge in [-0.15, -0.1) is 0 Å². The van der Waals surface area contributed by atoms with Crippen molar-refractivity contribution in [3.63, 3.8) is 0 Å². The molecule has 0 spiro atoms. The lowest BCUT2D eigenvalue weighted by atomic mass is 10.1. The molecule has 0 radical (unpaired) electrons. The van der Waals surface area contributed by atoms with Crippen molar-refractivity contribution in [2.75, 3.05) is 5.32 Å². The zero-order valence-corrected chi connectivity index (χ0v) is 14.7. The van der Waals surface area contributed by atoms with Crippen LogP contribution in [0.3, 0.4) is 0 Å². The molecule has 0 saturated carbocycles. The smallest absolute Gasteiger partial charge is 0.344 e. The van der Waals surface area contributed by atoms with E-state index in [9.17, 15) is 9.59 Å². The van der Waals surface area contributed by atoms with Gasteiger partial charge in [0, 0.05) is 16.6 Å². The van der Waals surface area contributed by atoms with Gasteiger partial charge in [0.25, 0.3) is 5.91 Å². The van der Waals surface area contributed by atoms with Gasteiger partial charge in [-0.1, -0.05) is 48.0 Å². The molecule has 4 heteroatoms. The van der Waals surface area contributed by atoms with Gasteiger partial charge >= 0.3 is 5.63 Å². The highest BCUT2D eigenvalue weighted by Gasteiger charge is 2.10. The van der Waals surface area contributed by atoms with Crippen molar-refractivity contribution in [1.82, 2.24) is 0 Å². The second-order valence-corrected chi connectivity index (χ2v) is 6.39. The first-order valence-electron chi connectivity index (χ1n) is 8.61. The van der Waals surface area contributed by atoms with Gasteiger partial charge in [0.15, 0.2) is 0 Å². The number of amides is 1. The van der Waals surface area contributed by atoms with E-state index in [4.69, 9.17) is 4.42 Å². The molecule has 0 bridgehead atoms. The number of fused-ring (bicyclic) bond motifs is 1. The molecule has 4 aromatic rings. The van der Waals surface area contributed by atoms with Crippen LogP contribution in [0.25, 0.3) is 22.1 Å². The molecular formula is C23H17NO3. The predicted octanol–water partition coefficient (Wildman–Crippen LogP) is 5.02. The standard InChI is InChI=1S/C23H17NO3/c1-15-6-4-9-18(12-15)22(25)24-19-10-5-8-16(13-19)20-14-17-7-2-3-11-21(17)27-23(20)26/h2-14H,1H3,(H,24,25). The SMILES string of the molecule is Cc1cccc(C(=O)Nc2cccc(-c3cc4ccccc4oc3=O)c2)c1. The summed E-state index contributed by atoms with van der Waals surface area (Å²) in [6.45, 7) is 1.94. The van der Waals surface area contributed by atoms with Crippen LogP contribution in [0.15, 0.2) is 88.1 Å². The maximum Gasteiger partial charge on any atom is 0.344 e. The number of carbonyl (C=O) groups excluding carboxylic acids is 1. The summed E-state index contributed by atoms with van der Waals surface area (Å²) >= 11 is 0. The predicted molar refractivity (Wildman–Crippen MR) is 107 cm³/mol. The van der Waals surface area contributed by atoms with E-state index < -0.39 is 5.63 Å². The van der Waals surface area contributed by atoms with E-state index in [0.29, 0.717) is 28.0 Å². The van der Waals surface area contributed by atoms with Gasteiger partial charge in [-0.2, -0.15) is 0 Å². The topological polar surface area (TPSA) is 59.3 Å². The van der Waals surface area contributed by atoms with E-state index >= 15 is 0 Å². The number of hydrogen-bond donors (Lipinski definition) is 1. The van der Waals surface area contributed by atoms with Crippen LogP contribution in [0.5, 0.6) is 0 Å². The van der Waals surface area contributed by atoms with Crippen LogP contribution in [0.4, 0.5) is 5.69 Å². The van der Waals surface area contributed by atoms with Gasteiger partial charge in [0.05, 0.1) is 5.56 Å². The maximum absolute atomic E-state index is 12.5. The quantitative estimate of drug-likeness (QED) is 0.525. The fourth-order valence-electron chi connectivity index (χ4n) is 3.02. The van der Waals surface area contributed by atoms with Crippen molar-refractivity contribution in [1.29, 1.82) is 0 Å². The molecule has 0 aliphatic heterocycles. The number of hydrogen-bond acceptors (Lipinski definition) is 3. The van der Waals surface area contributed by atoms with Crippen molar-refractivity contribution >= 4 is 22.6 Å². The molecular weight excluding hydrogens is 338 g/mol. The van der Waals surface area contributed by atoms with Crippen LogP contribution in [0.1, 0.15) is 15.9 Å². The molecule has 0 atom stereocenters. The Hall–Kier alpha value is -3.66. The van der Waals surface area contributed by atoms with Crippen molar-refractivity contribution in [2.24, 2.45) is 0 Å². The first kappa shape index (κ1) is 16.8. The van der Waals surface area contributed by atoms with Crippen molar-refractivity contribution in [3.05, 3.63) is 100 Å². The molecule has 3 aromatic carbocycles. The van der Waals surface area contributed by atoms with Crippen LogP contribution in [-0.2, 0) is 0 Å². The molecule has 4 rings (SSSR count). The Morgan fingerprint density at radius 3 is 2.56 bits per heavy atom. The Morgan fingerprint density at radius 1 is 0.889 bits per heavy atom. The molecule has 0 aliphatic rings. The Morgan fingerprint density at radius 2 is 1.70 bits per heavy atom. The number of anilines is 1. The lowest BCUT2D eigenvalue weighted by molar-refractivity contribution is 0.102. The third-order valence-corrected chi connectivity index (χ3v) is 4.35. The second kappa shape index (κ2) is 6.92. The third-order valence-electron chi connectivity index (χ3n) is 4.35. The van der Waals surface area contributed by atoms with Crippen molar-refractivity contribution < 1.29 is 9.21 Å². The molecule has 1 amide bonds. The molecule has 1 aromatic heterocycles. The lowest BCUT2D eigenvalue weighted by Crippen LogP contribution is -2.12. The molecule has 132 valence electrons. The molecule has 0 unspecified atom stereocenters. The average molecular weight is 355 g/mol. The van der Waals surface area contributed by atoms with E-state index in [1.165, 1.54) is 0 Å². The zero-order valence-electron chi connectivity index (χ0n) is 14.7. The summed E-state index contributed by atoms with van der Waals surface area (Å²) < 4.78 is 5.41. The van der Waals surface area contributed by atoms with Crippen LogP contribution in [-0.4, -0.2) is 5.91 Å². The minimum absolute atomic E-state index is 0.193. The van der Waals surface area contributed by atoms with Crippen LogP contribution in [0.2, 0.25) is 0 Å². The zero-order chi connectivity index (χ0) is 18.8. The molecule has 0 fully saturated rings. The highest BCUT2D eigenvalue weighted by atomic mass is 16.4. The fourth-order valence-corrected chi connectivity index (χ4v) is 3.02. The summed E-state index contributed by atoms with van der Waals surface area (Å²) in [6.07, 6.45) is 0. The fraction of sp³-hybridized carbons (Fsp3) is 0.0435. The number of para-hydroxylation sites is 1. The van der Waals surface area contributed by atoms with Crippen LogP contribution in [0, 0.1) is 6.92 Å². The van der Waals surface area contributed by atoms with Crippen LogP contribution >= 0.6 is 0 Å². The number of rotatable bonds is 3. The number of nitrogens with one attached hydrogen (secondary N) is 1. The van der Waals surface area contributed by atoms with Gasteiger partial charge in [-0.05, 0) is 48.9 Å². The average Bonchev–Trinajstić information content (AvgIpc) is 2.67. The summed E-state index contributed by atoms with van der Waals surface area (Å²) in [5, 5.41) is 3.73. The molecule has 0 aliphatic carbocycles. The molecule has 27 heavy (non-hydrogen) atoms. The van der Waals surface area contributed by atoms with E-state index in [0.717, 1.165) is 10.9 Å². The van der Waals surface area contributed by atoms with Gasteiger partial charge in [0.2, 0.25) is 0 Å². The summed E-state index contributed by atoms with van der Waals surface area (Å²) in [5.41, 5.74) is 3.52. The van der Waals surface area contributed by atoms with Gasteiger partial charge in [-0.3, -0.25) is 4.79 Å². The lowest BCUT2D eigenvalue weighted by Gasteiger charge is -2.08. The largest absolute Gasteiger partial charge is 0.422 e. The van der Waals surface area contributed by atoms with E-state index in [1.807, 2.05) is 55.5 Å². The first-order valence-corrected chi connectivity index (χ1v) is 8.61. The minimum Gasteiger partial charge on any atom is -0.422 e. The Labute approximate surface area is 156 Å². The summed E-state index contributed by atoms with van der Waals surface area (Å²) in [6, 6.07) is 23.8. The maximum atomic E-state index is 12.5. The molecule has 4 nitrogen and oxygen atoms in total. The second-order valence-electron chi connectivity index (χ2n) is 6.39. The third kappa shape index (κ3) is 3.51. The Kier molecular flexibility index (Phi) is 4.30. The monoisotopic (exact) mass is 355 g/mol. The number of aryl methyl sites for hydroxylation is 1. The number of benzene rings is 3. The summed E-state index contributed by atoms with van der Waals surface area (Å²) in [5.74, 6) is -0.193. The molecule has 1 heterocycles. The van der Waals surface area contributed by atoms with E-state index in [1.54, 1.807) is 30.3 Å². The normalized spacial score (nSPS) is 10.7. The molecule has 1 N–H and O–H groups in total. The Bertz CT molecular complexity index is 1210. The molecule has 0 saturated heterocycles. The van der Waals surface area contributed by atoms with Gasteiger partial charge < -0.3 is 9.73 Å². The highest BCUT2D eigenvalue weighted by Crippen LogP contribution is 2.24. The summed E-state index contributed by atoms with van der Waals surface area (Å²) in [7, 11) is 0. The minimum atomic E-state index is -0.407. The van der Waals surface area contributed by atoms with Crippen molar-refractivity contribution in [3.8, 4) is 11.1 Å². The van der Waals surface area contributed by atoms with Gasteiger partial charge in [-0.25, -0.2) is 4.79 Å². The highest BCUT2D eigenvalue weighted by molar-refractivity contribution is 6.04. The van der Waals surface area contributed by atoms with Crippen molar-refractivity contribution in [2.45, 2.75) is 6.92 Å². The van der Waals surface area contributed by atoms with Crippen LogP contribution < -0.4 is 10.9 Å². The first-order chi connectivity index (χ1) is 13.1. The van der Waals surface area contributed by atoms with Gasteiger partial charge in [0.1, 0.15) is 5.58 Å². The van der Waals surface area contributed by atoms with E-state index in [-0.39, 0.29) is 5.91 Å². The Balaban J connectivity index is 1.68.